The first kappa shape index (κ1) is 17.2. The van der Waals surface area contributed by atoms with E-state index in [9.17, 15) is 19.2 Å². The molecule has 0 radical (unpaired) electrons. The van der Waals surface area contributed by atoms with Crippen molar-refractivity contribution in [3.8, 4) is 0 Å². The second kappa shape index (κ2) is 7.08. The minimum Gasteiger partial charge on any atom is -0.469 e. The van der Waals surface area contributed by atoms with Crippen molar-refractivity contribution in [2.24, 2.45) is 11.8 Å². The SMILES string of the molecule is Cc1occc1C(=O)NNC(=O)CCN1C(=O)[C@H]2CCCC[C@@H]2C1=O. The molecule has 134 valence electrons. The third-order valence-electron chi connectivity index (χ3n) is 4.91. The summed E-state index contributed by atoms with van der Waals surface area (Å²) in [6, 6.07) is 1.50. The van der Waals surface area contributed by atoms with Gasteiger partial charge in [0.05, 0.1) is 23.7 Å². The molecule has 1 saturated carbocycles. The predicted molar refractivity (Wildman–Crippen MR) is 85.8 cm³/mol. The standard InChI is InChI=1S/C17H21N3O5/c1-10-11(7-9-25-10)15(22)19-18-14(21)6-8-20-16(23)12-4-2-3-5-13(12)17(20)24/h7,9,12-13H,2-6,8H2,1H3,(H,18,21)(H,19,22)/t12-,13-/m0/s1. The van der Waals surface area contributed by atoms with Gasteiger partial charge in [-0.15, -0.1) is 0 Å². The Morgan fingerprint density at radius 3 is 2.36 bits per heavy atom. The third kappa shape index (κ3) is 3.42. The molecule has 0 bridgehead atoms. The van der Waals surface area contributed by atoms with Crippen LogP contribution >= 0.6 is 0 Å². The molecule has 0 unspecified atom stereocenters. The molecule has 2 N–H and O–H groups in total. The van der Waals surface area contributed by atoms with Gasteiger partial charge in [0.2, 0.25) is 17.7 Å². The Hall–Kier alpha value is -2.64. The highest BCUT2D eigenvalue weighted by atomic mass is 16.3. The topological polar surface area (TPSA) is 109 Å². The van der Waals surface area contributed by atoms with E-state index in [1.54, 1.807) is 6.92 Å². The number of amides is 4. The molecule has 8 heteroatoms. The molecule has 0 aromatic carbocycles. The Morgan fingerprint density at radius 2 is 1.80 bits per heavy atom. The largest absolute Gasteiger partial charge is 0.469 e. The zero-order valence-corrected chi connectivity index (χ0v) is 14.0. The first-order valence-electron chi connectivity index (χ1n) is 8.47. The molecule has 2 fully saturated rings. The number of nitrogens with one attached hydrogen (secondary N) is 2. The highest BCUT2D eigenvalue weighted by Crippen LogP contribution is 2.37. The lowest BCUT2D eigenvalue weighted by Crippen LogP contribution is -2.43. The number of nitrogens with zero attached hydrogens (tertiary/aromatic N) is 1. The van der Waals surface area contributed by atoms with Gasteiger partial charge in [0.1, 0.15) is 5.76 Å². The van der Waals surface area contributed by atoms with Gasteiger partial charge in [0, 0.05) is 13.0 Å². The number of likely N-dealkylation sites (tertiary alicyclic amines) is 1. The van der Waals surface area contributed by atoms with Gasteiger partial charge in [0.15, 0.2) is 0 Å². The van der Waals surface area contributed by atoms with Gasteiger partial charge in [-0.1, -0.05) is 12.8 Å². The number of aryl methyl sites for hydroxylation is 1. The van der Waals surface area contributed by atoms with Crippen molar-refractivity contribution >= 4 is 23.6 Å². The summed E-state index contributed by atoms with van der Waals surface area (Å²) in [6.45, 7) is 1.68. The molecule has 1 saturated heterocycles. The van der Waals surface area contributed by atoms with E-state index in [1.807, 2.05) is 0 Å². The number of carbonyl (C=O) groups excluding carboxylic acids is 4. The molecule has 1 aliphatic heterocycles. The average molecular weight is 347 g/mol. The summed E-state index contributed by atoms with van der Waals surface area (Å²) in [5, 5.41) is 0. The number of rotatable bonds is 4. The maximum Gasteiger partial charge on any atom is 0.273 e. The van der Waals surface area contributed by atoms with Gasteiger partial charge in [-0.25, -0.2) is 0 Å². The van der Waals surface area contributed by atoms with E-state index in [1.165, 1.54) is 17.2 Å². The molecule has 1 aromatic rings. The van der Waals surface area contributed by atoms with E-state index in [4.69, 9.17) is 4.42 Å². The summed E-state index contributed by atoms with van der Waals surface area (Å²) < 4.78 is 5.02. The number of furan rings is 1. The Balaban J connectivity index is 1.47. The quantitative estimate of drug-likeness (QED) is 0.622. The van der Waals surface area contributed by atoms with Crippen LogP contribution in [0.5, 0.6) is 0 Å². The summed E-state index contributed by atoms with van der Waals surface area (Å²) in [5.41, 5.74) is 4.90. The molecule has 25 heavy (non-hydrogen) atoms. The van der Waals surface area contributed by atoms with Crippen LogP contribution in [0.3, 0.4) is 0 Å². The summed E-state index contributed by atoms with van der Waals surface area (Å²) in [5.74, 6) is -1.27. The number of hydrogen-bond donors (Lipinski definition) is 2. The lowest BCUT2D eigenvalue weighted by Gasteiger charge is -2.19. The number of fused-ring (bicyclic) bond motifs is 1. The van der Waals surface area contributed by atoms with Crippen LogP contribution in [0, 0.1) is 18.8 Å². The summed E-state index contributed by atoms with van der Waals surface area (Å²) in [6.07, 6.45) is 4.76. The van der Waals surface area contributed by atoms with Crippen molar-refractivity contribution in [1.82, 2.24) is 15.8 Å². The molecule has 1 aliphatic carbocycles. The minimum atomic E-state index is -0.487. The zero-order valence-electron chi connectivity index (χ0n) is 14.0. The lowest BCUT2D eigenvalue weighted by molar-refractivity contribution is -0.140. The summed E-state index contributed by atoms with van der Waals surface area (Å²) in [7, 11) is 0. The van der Waals surface area contributed by atoms with Gasteiger partial charge < -0.3 is 4.42 Å². The van der Waals surface area contributed by atoms with Crippen molar-refractivity contribution < 1.29 is 23.6 Å². The van der Waals surface area contributed by atoms with Crippen LogP contribution in [0.2, 0.25) is 0 Å². The highest BCUT2D eigenvalue weighted by molar-refractivity contribution is 6.05. The maximum absolute atomic E-state index is 12.3. The van der Waals surface area contributed by atoms with Gasteiger partial charge >= 0.3 is 0 Å². The fraction of sp³-hybridized carbons (Fsp3) is 0.529. The number of hydrazine groups is 1. The van der Waals surface area contributed by atoms with Crippen LogP contribution in [-0.2, 0) is 14.4 Å². The van der Waals surface area contributed by atoms with Gasteiger partial charge in [-0.05, 0) is 25.8 Å². The van der Waals surface area contributed by atoms with E-state index < -0.39 is 11.8 Å². The maximum atomic E-state index is 12.3. The van der Waals surface area contributed by atoms with E-state index in [0.29, 0.717) is 11.3 Å². The van der Waals surface area contributed by atoms with Gasteiger partial charge in [-0.3, -0.25) is 34.9 Å². The summed E-state index contributed by atoms with van der Waals surface area (Å²) in [4.78, 5) is 49.6. The fourth-order valence-electron chi connectivity index (χ4n) is 3.54. The second-order valence-corrected chi connectivity index (χ2v) is 6.47. The fourth-order valence-corrected chi connectivity index (χ4v) is 3.54. The molecule has 2 heterocycles. The van der Waals surface area contributed by atoms with Gasteiger partial charge in [-0.2, -0.15) is 0 Å². The predicted octanol–water partition coefficient (Wildman–Crippen LogP) is 0.914. The number of imide groups is 1. The lowest BCUT2D eigenvalue weighted by atomic mass is 9.81. The smallest absolute Gasteiger partial charge is 0.273 e. The van der Waals surface area contributed by atoms with Crippen molar-refractivity contribution in [3.63, 3.8) is 0 Å². The van der Waals surface area contributed by atoms with Crippen LogP contribution in [0.4, 0.5) is 0 Å². The number of carbonyl (C=O) groups is 4. The second-order valence-electron chi connectivity index (χ2n) is 6.47. The first-order chi connectivity index (χ1) is 12.0. The van der Waals surface area contributed by atoms with Crippen molar-refractivity contribution in [3.05, 3.63) is 23.7 Å². The normalized spacial score (nSPS) is 22.7. The molecule has 0 spiro atoms. The Morgan fingerprint density at radius 1 is 1.16 bits per heavy atom. The Kier molecular flexibility index (Phi) is 4.87. The molecule has 2 aliphatic rings. The molecule has 4 amide bonds. The van der Waals surface area contributed by atoms with E-state index in [-0.39, 0.29) is 36.6 Å². The monoisotopic (exact) mass is 347 g/mol. The minimum absolute atomic E-state index is 0.0388. The van der Waals surface area contributed by atoms with E-state index in [0.717, 1.165) is 25.7 Å². The van der Waals surface area contributed by atoms with Crippen LogP contribution in [-0.4, -0.2) is 35.1 Å². The van der Waals surface area contributed by atoms with E-state index in [2.05, 4.69) is 10.9 Å². The van der Waals surface area contributed by atoms with E-state index >= 15 is 0 Å². The Bertz CT molecular complexity index is 687. The highest BCUT2D eigenvalue weighted by Gasteiger charge is 2.47. The molecule has 3 rings (SSSR count). The molecule has 2 atom stereocenters. The van der Waals surface area contributed by atoms with Crippen LogP contribution < -0.4 is 10.9 Å². The van der Waals surface area contributed by atoms with Crippen LogP contribution in [0.25, 0.3) is 0 Å². The summed E-state index contributed by atoms with van der Waals surface area (Å²) >= 11 is 0. The van der Waals surface area contributed by atoms with Crippen molar-refractivity contribution in [2.75, 3.05) is 6.54 Å². The molecular formula is C17H21N3O5. The first-order valence-corrected chi connectivity index (χ1v) is 8.47. The number of hydrogen-bond acceptors (Lipinski definition) is 5. The van der Waals surface area contributed by atoms with Crippen molar-refractivity contribution in [2.45, 2.75) is 39.0 Å². The van der Waals surface area contributed by atoms with Crippen molar-refractivity contribution in [1.29, 1.82) is 0 Å². The molecular weight excluding hydrogens is 326 g/mol. The van der Waals surface area contributed by atoms with Crippen LogP contribution in [0.1, 0.15) is 48.2 Å². The third-order valence-corrected chi connectivity index (χ3v) is 4.91. The molecule has 1 aromatic heterocycles. The Labute approximate surface area is 144 Å². The van der Waals surface area contributed by atoms with Crippen LogP contribution in [0.15, 0.2) is 16.7 Å². The van der Waals surface area contributed by atoms with Gasteiger partial charge in [0.25, 0.3) is 5.91 Å². The average Bonchev–Trinajstić information content (AvgIpc) is 3.14. The zero-order chi connectivity index (χ0) is 18.0. The molecule has 8 nitrogen and oxygen atoms in total.